The molecule has 2 aliphatic heterocycles. The molecule has 2 saturated heterocycles. The minimum Gasteiger partial charge on any atom is -0.363 e. The highest BCUT2D eigenvalue weighted by Gasteiger charge is 2.31. The smallest absolute Gasteiger partial charge is 0.112 e. The lowest BCUT2D eigenvalue weighted by atomic mass is 10.1. The number of ether oxygens (including phenoxy) is 1. The molecule has 0 spiro atoms. The summed E-state index contributed by atoms with van der Waals surface area (Å²) in [4.78, 5) is 2.55. The first-order valence-corrected chi connectivity index (χ1v) is 5.86. The van der Waals surface area contributed by atoms with Gasteiger partial charge in [0.05, 0.1) is 0 Å². The molecule has 0 amide bonds. The number of nitrogens with zero attached hydrogens (tertiary/aromatic N) is 1. The van der Waals surface area contributed by atoms with E-state index in [0.717, 1.165) is 19.6 Å². The molecule has 1 N–H and O–H groups in total. The van der Waals surface area contributed by atoms with E-state index in [1.165, 1.54) is 19.5 Å². The second-order valence-electron chi connectivity index (χ2n) is 4.74. The molecule has 2 unspecified atom stereocenters. The summed E-state index contributed by atoms with van der Waals surface area (Å²) in [6.45, 7) is 9.06. The molecule has 0 bridgehead atoms. The van der Waals surface area contributed by atoms with E-state index in [0.29, 0.717) is 18.2 Å². The number of halogens is 1. The summed E-state index contributed by atoms with van der Waals surface area (Å²) < 4.78 is 5.75. The van der Waals surface area contributed by atoms with Crippen LogP contribution < -0.4 is 5.32 Å². The molecule has 2 fully saturated rings. The van der Waals surface area contributed by atoms with Crippen molar-refractivity contribution in [3.8, 4) is 0 Å². The summed E-state index contributed by atoms with van der Waals surface area (Å²) in [5, 5.41) is 3.47. The van der Waals surface area contributed by atoms with Crippen LogP contribution in [-0.4, -0.2) is 43.4 Å². The van der Waals surface area contributed by atoms with Gasteiger partial charge in [-0.15, -0.1) is 12.4 Å². The van der Waals surface area contributed by atoms with Crippen LogP contribution in [0.3, 0.4) is 0 Å². The third kappa shape index (κ3) is 3.31. The zero-order valence-electron chi connectivity index (χ0n) is 9.74. The Kier molecular flexibility index (Phi) is 5.33. The van der Waals surface area contributed by atoms with E-state index in [2.05, 4.69) is 24.1 Å². The van der Waals surface area contributed by atoms with Crippen LogP contribution in [0.15, 0.2) is 0 Å². The van der Waals surface area contributed by atoms with Crippen molar-refractivity contribution < 1.29 is 4.74 Å². The molecule has 3 nitrogen and oxygen atoms in total. The molecule has 15 heavy (non-hydrogen) atoms. The number of nitrogens with one attached hydrogen (secondary N) is 1. The van der Waals surface area contributed by atoms with Crippen LogP contribution in [0.1, 0.15) is 26.7 Å². The minimum atomic E-state index is 0. The van der Waals surface area contributed by atoms with Gasteiger partial charge in [-0.25, -0.2) is 0 Å². The molecule has 2 atom stereocenters. The first-order chi connectivity index (χ1) is 6.77. The van der Waals surface area contributed by atoms with Gasteiger partial charge in [0.15, 0.2) is 0 Å². The van der Waals surface area contributed by atoms with Crippen LogP contribution in [0.5, 0.6) is 0 Å². The topological polar surface area (TPSA) is 24.5 Å². The molecule has 2 heterocycles. The van der Waals surface area contributed by atoms with E-state index >= 15 is 0 Å². The Labute approximate surface area is 99.0 Å². The van der Waals surface area contributed by atoms with Crippen molar-refractivity contribution in [2.24, 2.45) is 5.92 Å². The van der Waals surface area contributed by atoms with Crippen LogP contribution in [-0.2, 0) is 4.74 Å². The van der Waals surface area contributed by atoms with E-state index in [4.69, 9.17) is 4.74 Å². The molecular formula is C11H23ClN2O. The standard InChI is InChI=1S/C11H22N2O.ClH/c1-9(2)13-6-4-10(8-13)11-12-5-3-7-14-11;/h9-12H,3-8H2,1-2H3;1H. The highest BCUT2D eigenvalue weighted by Crippen LogP contribution is 2.23. The molecule has 4 heteroatoms. The number of likely N-dealkylation sites (tertiary alicyclic amines) is 1. The van der Waals surface area contributed by atoms with E-state index < -0.39 is 0 Å². The Hall–Kier alpha value is 0.170. The number of hydrogen-bond acceptors (Lipinski definition) is 3. The zero-order valence-corrected chi connectivity index (χ0v) is 10.6. The zero-order chi connectivity index (χ0) is 9.97. The van der Waals surface area contributed by atoms with Gasteiger partial charge in [0.2, 0.25) is 0 Å². The van der Waals surface area contributed by atoms with Crippen molar-refractivity contribution in [2.75, 3.05) is 26.2 Å². The molecule has 0 aromatic carbocycles. The summed E-state index contributed by atoms with van der Waals surface area (Å²) in [6, 6.07) is 0.684. The van der Waals surface area contributed by atoms with Gasteiger partial charge in [-0.2, -0.15) is 0 Å². The molecule has 90 valence electrons. The molecule has 2 aliphatic rings. The fraction of sp³-hybridized carbons (Fsp3) is 1.00. The second kappa shape index (κ2) is 6.04. The van der Waals surface area contributed by atoms with Crippen molar-refractivity contribution in [1.29, 1.82) is 0 Å². The average Bonchev–Trinajstić information content (AvgIpc) is 2.68. The fourth-order valence-corrected chi connectivity index (χ4v) is 2.42. The monoisotopic (exact) mass is 234 g/mol. The van der Waals surface area contributed by atoms with Crippen molar-refractivity contribution in [3.05, 3.63) is 0 Å². The largest absolute Gasteiger partial charge is 0.363 e. The third-order valence-corrected chi connectivity index (χ3v) is 3.38. The molecular weight excluding hydrogens is 212 g/mol. The SMILES string of the molecule is CC(C)N1CCC(C2NCCCO2)C1.Cl. The van der Waals surface area contributed by atoms with Crippen molar-refractivity contribution >= 4 is 12.4 Å². The lowest BCUT2D eigenvalue weighted by molar-refractivity contribution is -0.0336. The molecule has 0 aromatic rings. The Morgan fingerprint density at radius 2 is 2.20 bits per heavy atom. The predicted octanol–water partition coefficient (Wildman–Crippen LogP) is 1.47. The summed E-state index contributed by atoms with van der Waals surface area (Å²) in [6.07, 6.45) is 2.78. The quantitative estimate of drug-likeness (QED) is 0.784. The molecule has 0 saturated carbocycles. The van der Waals surface area contributed by atoms with Crippen LogP contribution in [0.25, 0.3) is 0 Å². The van der Waals surface area contributed by atoms with Gasteiger partial charge in [-0.3, -0.25) is 5.32 Å². The summed E-state index contributed by atoms with van der Waals surface area (Å²) >= 11 is 0. The molecule has 0 radical (unpaired) electrons. The van der Waals surface area contributed by atoms with Gasteiger partial charge < -0.3 is 9.64 Å². The Bertz CT molecular complexity index is 183. The third-order valence-electron chi connectivity index (χ3n) is 3.38. The Morgan fingerprint density at radius 1 is 1.40 bits per heavy atom. The van der Waals surface area contributed by atoms with Gasteiger partial charge in [0.25, 0.3) is 0 Å². The van der Waals surface area contributed by atoms with Crippen molar-refractivity contribution in [3.63, 3.8) is 0 Å². The lowest BCUT2D eigenvalue weighted by Gasteiger charge is -2.29. The molecule has 0 aliphatic carbocycles. The number of hydrogen-bond donors (Lipinski definition) is 1. The average molecular weight is 235 g/mol. The summed E-state index contributed by atoms with van der Waals surface area (Å²) in [7, 11) is 0. The fourth-order valence-electron chi connectivity index (χ4n) is 2.42. The normalized spacial score (nSPS) is 33.0. The van der Waals surface area contributed by atoms with Crippen LogP contribution in [0, 0.1) is 5.92 Å². The van der Waals surface area contributed by atoms with Crippen LogP contribution >= 0.6 is 12.4 Å². The van der Waals surface area contributed by atoms with E-state index in [1.54, 1.807) is 0 Å². The van der Waals surface area contributed by atoms with Gasteiger partial charge in [-0.1, -0.05) is 0 Å². The first kappa shape index (κ1) is 13.2. The Balaban J connectivity index is 0.00000112. The lowest BCUT2D eigenvalue weighted by Crippen LogP contribution is -2.44. The first-order valence-electron chi connectivity index (χ1n) is 5.86. The van der Waals surface area contributed by atoms with Gasteiger partial charge in [-0.05, 0) is 39.8 Å². The molecule has 0 aromatic heterocycles. The summed E-state index contributed by atoms with van der Waals surface area (Å²) in [5.41, 5.74) is 0. The van der Waals surface area contributed by atoms with Gasteiger partial charge >= 0.3 is 0 Å². The maximum absolute atomic E-state index is 5.75. The highest BCUT2D eigenvalue weighted by molar-refractivity contribution is 5.85. The predicted molar refractivity (Wildman–Crippen MR) is 64.4 cm³/mol. The van der Waals surface area contributed by atoms with Gasteiger partial charge in [0.1, 0.15) is 6.23 Å². The van der Waals surface area contributed by atoms with E-state index in [-0.39, 0.29) is 12.4 Å². The maximum Gasteiger partial charge on any atom is 0.112 e. The summed E-state index contributed by atoms with van der Waals surface area (Å²) in [5.74, 6) is 0.706. The number of rotatable bonds is 2. The van der Waals surface area contributed by atoms with Crippen LogP contribution in [0.2, 0.25) is 0 Å². The van der Waals surface area contributed by atoms with Crippen LogP contribution in [0.4, 0.5) is 0 Å². The van der Waals surface area contributed by atoms with Crippen molar-refractivity contribution in [1.82, 2.24) is 10.2 Å². The Morgan fingerprint density at radius 3 is 2.73 bits per heavy atom. The highest BCUT2D eigenvalue weighted by atomic mass is 35.5. The maximum atomic E-state index is 5.75. The second-order valence-corrected chi connectivity index (χ2v) is 4.74. The van der Waals surface area contributed by atoms with Gasteiger partial charge in [0, 0.05) is 25.1 Å². The van der Waals surface area contributed by atoms with E-state index in [9.17, 15) is 0 Å². The minimum absolute atomic E-state index is 0. The molecule has 2 rings (SSSR count). The van der Waals surface area contributed by atoms with E-state index in [1.807, 2.05) is 0 Å². The van der Waals surface area contributed by atoms with Crippen molar-refractivity contribution in [2.45, 2.75) is 39.0 Å².